The summed E-state index contributed by atoms with van der Waals surface area (Å²) >= 11 is 0. The van der Waals surface area contributed by atoms with Gasteiger partial charge in [0.2, 0.25) is 5.91 Å². The van der Waals surface area contributed by atoms with E-state index in [-0.39, 0.29) is 11.8 Å². The van der Waals surface area contributed by atoms with Crippen molar-refractivity contribution in [3.8, 4) is 0 Å². The summed E-state index contributed by atoms with van der Waals surface area (Å²) in [7, 11) is 1.92. The fourth-order valence-electron chi connectivity index (χ4n) is 1.17. The second-order valence-electron chi connectivity index (χ2n) is 3.29. The molecule has 0 bridgehead atoms. The molecule has 2 amide bonds. The van der Waals surface area contributed by atoms with E-state index in [4.69, 9.17) is 4.74 Å². The molecule has 2 N–H and O–H groups in total. The van der Waals surface area contributed by atoms with Crippen LogP contribution in [0.3, 0.4) is 0 Å². The number of ether oxygens (including phenoxy) is 1. The monoisotopic (exact) mass is 201 g/mol. The van der Waals surface area contributed by atoms with Gasteiger partial charge in [0.25, 0.3) is 5.91 Å². The van der Waals surface area contributed by atoms with Crippen molar-refractivity contribution in [2.24, 2.45) is 0 Å². The molecule has 6 heteroatoms. The second kappa shape index (κ2) is 4.92. The van der Waals surface area contributed by atoms with Crippen molar-refractivity contribution >= 4 is 11.8 Å². The number of carbonyl (C=O) groups excluding carboxylic acids is 2. The summed E-state index contributed by atoms with van der Waals surface area (Å²) < 4.78 is 5.24. The molecule has 1 heterocycles. The first-order valence-corrected chi connectivity index (χ1v) is 4.46. The molecule has 14 heavy (non-hydrogen) atoms. The van der Waals surface area contributed by atoms with Crippen LogP contribution < -0.4 is 10.9 Å². The fraction of sp³-hybridized carbons (Fsp3) is 0.750. The van der Waals surface area contributed by atoms with Crippen LogP contribution in [0, 0.1) is 0 Å². The van der Waals surface area contributed by atoms with E-state index in [2.05, 4.69) is 10.9 Å². The van der Waals surface area contributed by atoms with E-state index in [1.54, 1.807) is 0 Å². The third kappa shape index (κ3) is 3.31. The molecule has 0 aromatic heterocycles. The Kier molecular flexibility index (Phi) is 3.84. The predicted octanol–water partition coefficient (Wildman–Crippen LogP) is -1.52. The molecular formula is C8H15N3O3. The number of nitrogens with one attached hydrogen (secondary N) is 2. The molecule has 0 aromatic rings. The number of hydrogen-bond acceptors (Lipinski definition) is 4. The maximum absolute atomic E-state index is 11.4. The predicted molar refractivity (Wildman–Crippen MR) is 49.2 cm³/mol. The number of nitrogens with zero attached hydrogens (tertiary/aromatic N) is 1. The Morgan fingerprint density at radius 1 is 1.43 bits per heavy atom. The van der Waals surface area contributed by atoms with Crippen LogP contribution in [-0.4, -0.2) is 49.6 Å². The molecule has 1 fully saturated rings. The summed E-state index contributed by atoms with van der Waals surface area (Å²) in [5.74, 6) is -0.616. The molecule has 1 unspecified atom stereocenters. The largest absolute Gasteiger partial charge is 0.366 e. The van der Waals surface area contributed by atoms with Gasteiger partial charge < -0.3 is 9.64 Å². The third-order valence-corrected chi connectivity index (χ3v) is 1.92. The lowest BCUT2D eigenvalue weighted by molar-refractivity contribution is -0.140. The van der Waals surface area contributed by atoms with Gasteiger partial charge in [0.15, 0.2) is 6.10 Å². The standard InChI is InChI=1S/C8H15N3O3/c1-6(12)9-10-8(13)7-5-11(2)3-4-14-7/h7H,3-5H2,1-2H3,(H,9,12)(H,10,13). The van der Waals surface area contributed by atoms with Gasteiger partial charge in [-0.05, 0) is 7.05 Å². The first-order chi connectivity index (χ1) is 6.59. The lowest BCUT2D eigenvalue weighted by Crippen LogP contribution is -2.52. The summed E-state index contributed by atoms with van der Waals surface area (Å²) in [5.41, 5.74) is 4.50. The van der Waals surface area contributed by atoms with Crippen molar-refractivity contribution < 1.29 is 14.3 Å². The average Bonchev–Trinajstić information content (AvgIpc) is 2.14. The van der Waals surface area contributed by atoms with Crippen LogP contribution in [0.2, 0.25) is 0 Å². The number of morpholine rings is 1. The van der Waals surface area contributed by atoms with Gasteiger partial charge in [0.05, 0.1) is 6.61 Å². The van der Waals surface area contributed by atoms with Crippen molar-refractivity contribution in [1.82, 2.24) is 15.8 Å². The van der Waals surface area contributed by atoms with Crippen molar-refractivity contribution in [2.75, 3.05) is 26.7 Å². The van der Waals surface area contributed by atoms with Gasteiger partial charge in [0.1, 0.15) is 0 Å². The molecule has 1 saturated heterocycles. The highest BCUT2D eigenvalue weighted by molar-refractivity contribution is 5.84. The zero-order chi connectivity index (χ0) is 10.6. The molecule has 1 rings (SSSR count). The Morgan fingerprint density at radius 2 is 2.14 bits per heavy atom. The number of amides is 2. The fourth-order valence-corrected chi connectivity index (χ4v) is 1.17. The zero-order valence-corrected chi connectivity index (χ0v) is 8.37. The van der Waals surface area contributed by atoms with Crippen molar-refractivity contribution in [3.05, 3.63) is 0 Å². The highest BCUT2D eigenvalue weighted by Crippen LogP contribution is 2.01. The van der Waals surface area contributed by atoms with E-state index >= 15 is 0 Å². The van der Waals surface area contributed by atoms with Gasteiger partial charge in [-0.2, -0.15) is 0 Å². The van der Waals surface area contributed by atoms with Crippen LogP contribution in [0.1, 0.15) is 6.92 Å². The number of likely N-dealkylation sites (N-methyl/N-ethyl adjacent to an activating group) is 1. The van der Waals surface area contributed by atoms with Crippen molar-refractivity contribution in [2.45, 2.75) is 13.0 Å². The molecule has 1 aliphatic heterocycles. The van der Waals surface area contributed by atoms with Gasteiger partial charge in [-0.3, -0.25) is 20.4 Å². The topological polar surface area (TPSA) is 70.7 Å². The van der Waals surface area contributed by atoms with Gasteiger partial charge in [-0.25, -0.2) is 0 Å². The van der Waals surface area contributed by atoms with Crippen LogP contribution in [0.25, 0.3) is 0 Å². The molecular weight excluding hydrogens is 186 g/mol. The first kappa shape index (κ1) is 10.9. The number of hydrogen-bond donors (Lipinski definition) is 2. The molecule has 80 valence electrons. The maximum atomic E-state index is 11.4. The van der Waals surface area contributed by atoms with E-state index in [0.717, 1.165) is 6.54 Å². The Bertz CT molecular complexity index is 232. The lowest BCUT2D eigenvalue weighted by Gasteiger charge is -2.28. The van der Waals surface area contributed by atoms with Crippen LogP contribution in [0.15, 0.2) is 0 Å². The molecule has 0 spiro atoms. The molecule has 6 nitrogen and oxygen atoms in total. The van der Waals surface area contributed by atoms with Crippen LogP contribution in [0.5, 0.6) is 0 Å². The summed E-state index contributed by atoms with van der Waals surface area (Å²) in [6.45, 7) is 3.23. The third-order valence-electron chi connectivity index (χ3n) is 1.92. The van der Waals surface area contributed by atoms with Crippen LogP contribution >= 0.6 is 0 Å². The molecule has 0 radical (unpaired) electrons. The van der Waals surface area contributed by atoms with Gasteiger partial charge in [-0.15, -0.1) is 0 Å². The minimum atomic E-state index is -0.499. The molecule has 0 aromatic carbocycles. The normalized spacial score (nSPS) is 22.9. The maximum Gasteiger partial charge on any atom is 0.268 e. The smallest absolute Gasteiger partial charge is 0.268 e. The second-order valence-corrected chi connectivity index (χ2v) is 3.29. The first-order valence-electron chi connectivity index (χ1n) is 4.46. The van der Waals surface area contributed by atoms with E-state index in [1.807, 2.05) is 11.9 Å². The molecule has 1 aliphatic rings. The highest BCUT2D eigenvalue weighted by Gasteiger charge is 2.24. The number of carbonyl (C=O) groups is 2. The Hall–Kier alpha value is -1.14. The highest BCUT2D eigenvalue weighted by atomic mass is 16.5. The average molecular weight is 201 g/mol. The van der Waals surface area contributed by atoms with Crippen LogP contribution in [-0.2, 0) is 14.3 Å². The minimum absolute atomic E-state index is 0.303. The Morgan fingerprint density at radius 3 is 2.71 bits per heavy atom. The van der Waals surface area contributed by atoms with E-state index < -0.39 is 6.10 Å². The molecule has 0 saturated carbocycles. The van der Waals surface area contributed by atoms with Gasteiger partial charge in [0, 0.05) is 20.0 Å². The number of hydrazine groups is 1. The molecule has 1 atom stereocenters. The van der Waals surface area contributed by atoms with E-state index in [9.17, 15) is 9.59 Å². The summed E-state index contributed by atoms with van der Waals surface area (Å²) in [6.07, 6.45) is -0.499. The lowest BCUT2D eigenvalue weighted by atomic mass is 10.3. The Labute approximate surface area is 82.6 Å². The van der Waals surface area contributed by atoms with Gasteiger partial charge in [-0.1, -0.05) is 0 Å². The SMILES string of the molecule is CC(=O)NNC(=O)C1CN(C)CCO1. The number of rotatable bonds is 1. The van der Waals surface area contributed by atoms with Crippen LogP contribution in [0.4, 0.5) is 0 Å². The Balaban J connectivity index is 2.32. The van der Waals surface area contributed by atoms with E-state index in [0.29, 0.717) is 13.2 Å². The minimum Gasteiger partial charge on any atom is -0.366 e. The van der Waals surface area contributed by atoms with Crippen molar-refractivity contribution in [1.29, 1.82) is 0 Å². The zero-order valence-electron chi connectivity index (χ0n) is 8.37. The van der Waals surface area contributed by atoms with Gasteiger partial charge >= 0.3 is 0 Å². The quantitative estimate of drug-likeness (QED) is 0.506. The van der Waals surface area contributed by atoms with E-state index in [1.165, 1.54) is 6.92 Å². The summed E-state index contributed by atoms with van der Waals surface area (Å²) in [6, 6.07) is 0. The summed E-state index contributed by atoms with van der Waals surface area (Å²) in [4.78, 5) is 23.9. The summed E-state index contributed by atoms with van der Waals surface area (Å²) in [5, 5.41) is 0. The van der Waals surface area contributed by atoms with Crippen molar-refractivity contribution in [3.63, 3.8) is 0 Å². The molecule has 0 aliphatic carbocycles.